The monoisotopic (exact) mass is 376 g/mol. The van der Waals surface area contributed by atoms with E-state index in [0.29, 0.717) is 38.3 Å². The summed E-state index contributed by atoms with van der Waals surface area (Å²) in [5.41, 5.74) is 0. The normalized spacial score (nSPS) is 16.6. The summed E-state index contributed by atoms with van der Waals surface area (Å²) in [7, 11) is -3.76. The molecule has 1 aromatic rings. The maximum atomic E-state index is 13.2. The number of halogens is 2. The number of benzene rings is 1. The van der Waals surface area contributed by atoms with E-state index in [1.165, 1.54) is 6.07 Å². The molecular formula is C16H22ClFN2O3S. The van der Waals surface area contributed by atoms with Crippen LogP contribution in [0.4, 0.5) is 4.39 Å². The molecule has 1 aromatic carbocycles. The number of hydrogen-bond acceptors (Lipinski definition) is 3. The Balaban J connectivity index is 1.95. The number of rotatable bonds is 5. The van der Waals surface area contributed by atoms with Crippen LogP contribution in [0.3, 0.4) is 0 Å². The van der Waals surface area contributed by atoms with E-state index in [-0.39, 0.29) is 21.9 Å². The van der Waals surface area contributed by atoms with Crippen molar-refractivity contribution in [2.75, 3.05) is 13.1 Å². The number of amides is 1. The predicted molar refractivity (Wildman–Crippen MR) is 90.8 cm³/mol. The van der Waals surface area contributed by atoms with Gasteiger partial charge in [0.05, 0.1) is 9.92 Å². The number of carbonyl (C=O) groups excluding carboxylic acids is 1. The summed E-state index contributed by atoms with van der Waals surface area (Å²) in [6.45, 7) is 5.05. The van der Waals surface area contributed by atoms with Crippen molar-refractivity contribution in [1.82, 2.24) is 9.62 Å². The van der Waals surface area contributed by atoms with Gasteiger partial charge in [0.25, 0.3) is 0 Å². The van der Waals surface area contributed by atoms with Gasteiger partial charge in [-0.15, -0.1) is 0 Å². The highest BCUT2D eigenvalue weighted by Gasteiger charge is 2.27. The summed E-state index contributed by atoms with van der Waals surface area (Å²) >= 11 is 5.65. The summed E-state index contributed by atoms with van der Waals surface area (Å²) in [5.74, 6) is -0.249. The van der Waals surface area contributed by atoms with E-state index in [1.54, 1.807) is 4.90 Å². The van der Waals surface area contributed by atoms with Crippen molar-refractivity contribution in [3.8, 4) is 0 Å². The molecule has 1 heterocycles. The highest BCUT2D eigenvalue weighted by atomic mass is 35.5. The van der Waals surface area contributed by atoms with E-state index < -0.39 is 15.8 Å². The van der Waals surface area contributed by atoms with Gasteiger partial charge in [0.15, 0.2) is 0 Å². The van der Waals surface area contributed by atoms with Gasteiger partial charge in [-0.3, -0.25) is 4.79 Å². The molecule has 1 aliphatic heterocycles. The number of likely N-dealkylation sites (tertiary alicyclic amines) is 1. The van der Waals surface area contributed by atoms with Crippen molar-refractivity contribution in [2.24, 2.45) is 5.92 Å². The number of piperidine rings is 1. The van der Waals surface area contributed by atoms with Crippen LogP contribution in [0.25, 0.3) is 0 Å². The average molecular weight is 377 g/mol. The van der Waals surface area contributed by atoms with E-state index in [2.05, 4.69) is 4.72 Å². The molecular weight excluding hydrogens is 355 g/mol. The van der Waals surface area contributed by atoms with Crippen molar-refractivity contribution in [2.45, 2.75) is 44.0 Å². The molecule has 1 aliphatic rings. The first-order valence-electron chi connectivity index (χ1n) is 7.94. The second-order valence-electron chi connectivity index (χ2n) is 6.45. The first-order chi connectivity index (χ1) is 11.2. The lowest BCUT2D eigenvalue weighted by Gasteiger charge is -2.32. The number of nitrogens with zero attached hydrogens (tertiary/aromatic N) is 1. The van der Waals surface area contributed by atoms with E-state index in [9.17, 15) is 17.6 Å². The zero-order valence-electron chi connectivity index (χ0n) is 13.8. The Morgan fingerprint density at radius 1 is 1.38 bits per heavy atom. The van der Waals surface area contributed by atoms with E-state index in [4.69, 9.17) is 11.6 Å². The lowest BCUT2D eigenvalue weighted by atomic mass is 10.0. The fraction of sp³-hybridized carbons (Fsp3) is 0.562. The minimum Gasteiger partial charge on any atom is -0.343 e. The van der Waals surface area contributed by atoms with Gasteiger partial charge < -0.3 is 4.90 Å². The van der Waals surface area contributed by atoms with Crippen LogP contribution in [-0.4, -0.2) is 38.4 Å². The van der Waals surface area contributed by atoms with E-state index in [1.807, 2.05) is 13.8 Å². The Morgan fingerprint density at radius 2 is 2.00 bits per heavy atom. The van der Waals surface area contributed by atoms with Crippen LogP contribution in [0.5, 0.6) is 0 Å². The maximum absolute atomic E-state index is 13.2. The van der Waals surface area contributed by atoms with Crippen molar-refractivity contribution >= 4 is 27.5 Å². The summed E-state index contributed by atoms with van der Waals surface area (Å²) in [5, 5.41) is -0.230. The molecule has 0 saturated carbocycles. The molecule has 0 aromatic heterocycles. The molecule has 1 amide bonds. The summed E-state index contributed by atoms with van der Waals surface area (Å²) in [4.78, 5) is 13.7. The molecule has 1 N–H and O–H groups in total. The Hall–Kier alpha value is -1.18. The minimum absolute atomic E-state index is 0.0628. The summed E-state index contributed by atoms with van der Waals surface area (Å²) in [6.07, 6.45) is 1.61. The average Bonchev–Trinajstić information content (AvgIpc) is 2.49. The van der Waals surface area contributed by atoms with Crippen molar-refractivity contribution in [3.63, 3.8) is 0 Å². The standard InChI is InChI=1S/C16H22ClFN2O3S/c1-11(2)9-16(21)20-7-5-12(6-8-20)19-24(22,23)13-3-4-15(18)14(17)10-13/h3-4,10-12,19H,5-9H2,1-2H3. The highest BCUT2D eigenvalue weighted by molar-refractivity contribution is 7.89. The smallest absolute Gasteiger partial charge is 0.240 e. The van der Waals surface area contributed by atoms with Crippen LogP contribution in [0.1, 0.15) is 33.1 Å². The first kappa shape index (κ1) is 19.1. The third-order valence-electron chi connectivity index (χ3n) is 3.95. The van der Waals surface area contributed by atoms with E-state index in [0.717, 1.165) is 12.1 Å². The first-order valence-corrected chi connectivity index (χ1v) is 9.80. The molecule has 0 radical (unpaired) electrons. The Bertz CT molecular complexity index is 701. The number of hydrogen-bond donors (Lipinski definition) is 1. The maximum Gasteiger partial charge on any atom is 0.240 e. The second-order valence-corrected chi connectivity index (χ2v) is 8.57. The number of carbonyl (C=O) groups is 1. The number of sulfonamides is 1. The second kappa shape index (κ2) is 7.80. The molecule has 2 rings (SSSR count). The molecule has 0 aliphatic carbocycles. The molecule has 0 spiro atoms. The molecule has 0 bridgehead atoms. The van der Waals surface area contributed by atoms with Crippen molar-refractivity contribution in [3.05, 3.63) is 29.0 Å². The summed E-state index contributed by atoms with van der Waals surface area (Å²) in [6, 6.07) is 3.07. The number of nitrogens with one attached hydrogen (secondary N) is 1. The predicted octanol–water partition coefficient (Wildman–Crippen LogP) is 2.79. The van der Waals surface area contributed by atoms with Gasteiger partial charge in [-0.05, 0) is 37.0 Å². The SMILES string of the molecule is CC(C)CC(=O)N1CCC(NS(=O)(=O)c2ccc(F)c(Cl)c2)CC1. The Kier molecular flexibility index (Phi) is 6.22. The van der Waals surface area contributed by atoms with Crippen LogP contribution in [0.15, 0.2) is 23.1 Å². The van der Waals surface area contributed by atoms with Crippen LogP contribution in [0.2, 0.25) is 5.02 Å². The van der Waals surface area contributed by atoms with Gasteiger partial charge >= 0.3 is 0 Å². The molecule has 24 heavy (non-hydrogen) atoms. The van der Waals surface area contributed by atoms with Crippen LogP contribution in [-0.2, 0) is 14.8 Å². The van der Waals surface area contributed by atoms with Gasteiger partial charge in [-0.25, -0.2) is 17.5 Å². The van der Waals surface area contributed by atoms with Crippen molar-refractivity contribution in [1.29, 1.82) is 0 Å². The fourth-order valence-corrected chi connectivity index (χ4v) is 4.23. The Labute approximate surface area is 147 Å². The topological polar surface area (TPSA) is 66.5 Å². The van der Waals surface area contributed by atoms with Crippen LogP contribution in [0, 0.1) is 11.7 Å². The molecule has 5 nitrogen and oxygen atoms in total. The van der Waals surface area contributed by atoms with Gasteiger partial charge in [0.2, 0.25) is 15.9 Å². The molecule has 0 unspecified atom stereocenters. The van der Waals surface area contributed by atoms with Crippen LogP contribution >= 0.6 is 11.6 Å². The van der Waals surface area contributed by atoms with Gasteiger partial charge in [-0.1, -0.05) is 25.4 Å². The molecule has 134 valence electrons. The van der Waals surface area contributed by atoms with E-state index >= 15 is 0 Å². The third-order valence-corrected chi connectivity index (χ3v) is 5.76. The highest BCUT2D eigenvalue weighted by Crippen LogP contribution is 2.21. The quantitative estimate of drug-likeness (QED) is 0.859. The zero-order chi connectivity index (χ0) is 17.9. The minimum atomic E-state index is -3.76. The van der Waals surface area contributed by atoms with Crippen LogP contribution < -0.4 is 4.72 Å². The molecule has 1 fully saturated rings. The lowest BCUT2D eigenvalue weighted by molar-refractivity contribution is -0.133. The molecule has 1 saturated heterocycles. The van der Waals surface area contributed by atoms with Crippen molar-refractivity contribution < 1.29 is 17.6 Å². The summed E-state index contributed by atoms with van der Waals surface area (Å²) < 4.78 is 40.5. The molecule has 0 atom stereocenters. The zero-order valence-corrected chi connectivity index (χ0v) is 15.3. The lowest BCUT2D eigenvalue weighted by Crippen LogP contribution is -2.46. The van der Waals surface area contributed by atoms with Gasteiger partial charge in [-0.2, -0.15) is 0 Å². The van der Waals surface area contributed by atoms with Gasteiger partial charge in [0.1, 0.15) is 5.82 Å². The largest absolute Gasteiger partial charge is 0.343 e. The fourth-order valence-electron chi connectivity index (χ4n) is 2.66. The molecule has 8 heteroatoms. The van der Waals surface area contributed by atoms with Gasteiger partial charge in [0, 0.05) is 25.6 Å². The third kappa shape index (κ3) is 4.91. The Morgan fingerprint density at radius 3 is 2.54 bits per heavy atom.